The van der Waals surface area contributed by atoms with Crippen LogP contribution in [0, 0.1) is 0 Å². The van der Waals surface area contributed by atoms with E-state index >= 15 is 0 Å². The van der Waals surface area contributed by atoms with Gasteiger partial charge >= 0.3 is 0 Å². The highest BCUT2D eigenvalue weighted by molar-refractivity contribution is 9.11. The summed E-state index contributed by atoms with van der Waals surface area (Å²) in [6.07, 6.45) is 1.92. The van der Waals surface area contributed by atoms with Crippen LogP contribution in [0.5, 0.6) is 0 Å². The summed E-state index contributed by atoms with van der Waals surface area (Å²) in [6, 6.07) is 1.90. The second-order valence-electron chi connectivity index (χ2n) is 6.01. The Morgan fingerprint density at radius 2 is 2.08 bits per heavy atom. The zero-order valence-electron chi connectivity index (χ0n) is 13.1. The number of carbonyl (C=O) groups is 1. The highest BCUT2D eigenvalue weighted by Gasteiger charge is 2.29. The first kappa shape index (κ1) is 17.8. The molecule has 0 spiro atoms. The molecule has 0 unspecified atom stereocenters. The Labute approximate surface area is 159 Å². The molecule has 0 bridgehead atoms. The lowest BCUT2D eigenvalue weighted by Gasteiger charge is -2.32. The summed E-state index contributed by atoms with van der Waals surface area (Å²) >= 11 is 4.97. The molecular formula is C15H19BrClN5OS. The van der Waals surface area contributed by atoms with Crippen LogP contribution in [-0.4, -0.2) is 45.2 Å². The van der Waals surface area contributed by atoms with Crippen LogP contribution in [0.3, 0.4) is 0 Å². The maximum Gasteiger partial charge on any atom is 0.254 e. The number of fused-ring (bicyclic) bond motifs is 1. The van der Waals surface area contributed by atoms with Crippen molar-refractivity contribution < 1.29 is 4.79 Å². The Bertz CT molecular complexity index is 725. The Morgan fingerprint density at radius 3 is 2.79 bits per heavy atom. The molecule has 1 fully saturated rings. The summed E-state index contributed by atoms with van der Waals surface area (Å²) in [5.41, 5.74) is 0.784. The number of likely N-dealkylation sites (tertiary alicyclic amines) is 1. The van der Waals surface area contributed by atoms with Crippen LogP contribution in [0.25, 0.3) is 0 Å². The summed E-state index contributed by atoms with van der Waals surface area (Å²) in [5.74, 6) is 2.69. The molecule has 1 N–H and O–H groups in total. The second-order valence-corrected chi connectivity index (χ2v) is 8.30. The van der Waals surface area contributed by atoms with Crippen molar-refractivity contribution in [2.75, 3.05) is 19.6 Å². The Hall–Kier alpha value is -0.960. The maximum atomic E-state index is 12.5. The third-order valence-electron chi connectivity index (χ3n) is 4.61. The molecule has 6 nitrogen and oxygen atoms in total. The molecule has 0 saturated carbocycles. The molecule has 4 rings (SSSR count). The number of carbonyl (C=O) groups excluding carboxylic acids is 1. The smallest absolute Gasteiger partial charge is 0.254 e. The molecule has 2 aliphatic rings. The van der Waals surface area contributed by atoms with Gasteiger partial charge in [0.15, 0.2) is 0 Å². The van der Waals surface area contributed by atoms with Crippen molar-refractivity contribution in [1.82, 2.24) is 25.0 Å². The summed E-state index contributed by atoms with van der Waals surface area (Å²) in [5, 5.41) is 14.0. The Morgan fingerprint density at radius 1 is 1.29 bits per heavy atom. The van der Waals surface area contributed by atoms with Crippen molar-refractivity contribution in [3.8, 4) is 0 Å². The molecule has 24 heavy (non-hydrogen) atoms. The molecule has 2 aromatic heterocycles. The number of hydrogen-bond acceptors (Lipinski definition) is 5. The second kappa shape index (κ2) is 7.51. The van der Waals surface area contributed by atoms with Crippen molar-refractivity contribution >= 4 is 45.6 Å². The van der Waals surface area contributed by atoms with Gasteiger partial charge in [-0.2, -0.15) is 0 Å². The molecule has 9 heteroatoms. The Balaban J connectivity index is 0.00000169. The number of hydrogen-bond donors (Lipinski definition) is 1. The third-order valence-corrected chi connectivity index (χ3v) is 6.12. The van der Waals surface area contributed by atoms with Crippen LogP contribution in [0.15, 0.2) is 15.2 Å². The average Bonchev–Trinajstić information content (AvgIpc) is 3.21. The number of amides is 1. The van der Waals surface area contributed by atoms with Gasteiger partial charge in [-0.1, -0.05) is 0 Å². The average molecular weight is 433 g/mol. The van der Waals surface area contributed by atoms with E-state index < -0.39 is 0 Å². The van der Waals surface area contributed by atoms with Crippen molar-refractivity contribution in [3.05, 3.63) is 32.4 Å². The first-order chi connectivity index (χ1) is 11.2. The van der Waals surface area contributed by atoms with Crippen LogP contribution >= 0.6 is 39.7 Å². The van der Waals surface area contributed by atoms with Gasteiger partial charge in [0.25, 0.3) is 5.91 Å². The van der Waals surface area contributed by atoms with E-state index in [0.717, 1.165) is 66.6 Å². The molecule has 2 aliphatic heterocycles. The van der Waals surface area contributed by atoms with Crippen LogP contribution in [0.2, 0.25) is 0 Å². The predicted molar refractivity (Wildman–Crippen MR) is 98.9 cm³/mol. The molecule has 130 valence electrons. The molecule has 0 aromatic carbocycles. The number of nitrogens with one attached hydrogen (secondary N) is 1. The standard InChI is InChI=1S/C15H18BrN5OS.ClH/c16-12-7-11(9-23-12)15(22)20-4-1-10(2-5-20)14-19-18-13-8-17-3-6-21(13)14;/h7,9-10,17H,1-6,8H2;1H. The SMILES string of the molecule is Cl.O=C(c1csc(Br)c1)N1CCC(c2nnc3n2CCNC3)CC1. The lowest BCUT2D eigenvalue weighted by molar-refractivity contribution is 0.0710. The fourth-order valence-electron chi connectivity index (χ4n) is 3.36. The van der Waals surface area contributed by atoms with Crippen LogP contribution in [0.4, 0.5) is 0 Å². The lowest BCUT2D eigenvalue weighted by atomic mass is 9.95. The van der Waals surface area contributed by atoms with E-state index in [1.807, 2.05) is 16.3 Å². The van der Waals surface area contributed by atoms with Crippen molar-refractivity contribution in [2.24, 2.45) is 0 Å². The molecule has 0 atom stereocenters. The minimum Gasteiger partial charge on any atom is -0.339 e. The van der Waals surface area contributed by atoms with Crippen molar-refractivity contribution in [2.45, 2.75) is 31.8 Å². The van der Waals surface area contributed by atoms with Gasteiger partial charge in [-0.15, -0.1) is 33.9 Å². The van der Waals surface area contributed by atoms with Gasteiger partial charge in [-0.25, -0.2) is 0 Å². The summed E-state index contributed by atoms with van der Waals surface area (Å²) < 4.78 is 3.26. The van der Waals surface area contributed by atoms with E-state index in [2.05, 4.69) is 36.0 Å². The Kier molecular flexibility index (Phi) is 5.59. The van der Waals surface area contributed by atoms with Crippen molar-refractivity contribution in [3.63, 3.8) is 0 Å². The molecule has 4 heterocycles. The third kappa shape index (κ3) is 3.37. The van der Waals surface area contributed by atoms with Gasteiger partial charge in [0.1, 0.15) is 11.6 Å². The zero-order valence-corrected chi connectivity index (χ0v) is 16.3. The minimum absolute atomic E-state index is 0. The molecule has 1 saturated heterocycles. The van der Waals surface area contributed by atoms with Gasteiger partial charge in [-0.3, -0.25) is 4.79 Å². The summed E-state index contributed by atoms with van der Waals surface area (Å²) in [6.45, 7) is 4.30. The quantitative estimate of drug-likeness (QED) is 0.792. The lowest BCUT2D eigenvalue weighted by Crippen LogP contribution is -2.38. The van der Waals surface area contributed by atoms with E-state index in [1.165, 1.54) is 0 Å². The number of aromatic nitrogens is 3. The number of piperidine rings is 1. The maximum absolute atomic E-state index is 12.5. The fourth-order valence-corrected chi connectivity index (χ4v) is 4.49. The van der Waals surface area contributed by atoms with Gasteiger partial charge < -0.3 is 14.8 Å². The zero-order chi connectivity index (χ0) is 15.8. The van der Waals surface area contributed by atoms with E-state index in [4.69, 9.17) is 0 Å². The minimum atomic E-state index is 0. The highest BCUT2D eigenvalue weighted by Crippen LogP contribution is 2.29. The normalized spacial score (nSPS) is 18.1. The van der Waals surface area contributed by atoms with Crippen molar-refractivity contribution in [1.29, 1.82) is 0 Å². The first-order valence-corrected chi connectivity index (χ1v) is 9.55. The van der Waals surface area contributed by atoms with E-state index in [9.17, 15) is 4.79 Å². The number of halogens is 2. The molecule has 0 radical (unpaired) electrons. The van der Waals surface area contributed by atoms with Crippen LogP contribution in [0.1, 0.15) is 40.8 Å². The summed E-state index contributed by atoms with van der Waals surface area (Å²) in [7, 11) is 0. The van der Waals surface area contributed by atoms with Crippen LogP contribution < -0.4 is 5.32 Å². The number of thiophene rings is 1. The molecule has 2 aromatic rings. The fraction of sp³-hybridized carbons (Fsp3) is 0.533. The molecule has 0 aliphatic carbocycles. The highest BCUT2D eigenvalue weighted by atomic mass is 79.9. The number of nitrogens with zero attached hydrogens (tertiary/aromatic N) is 4. The van der Waals surface area contributed by atoms with Gasteiger partial charge in [0.2, 0.25) is 0 Å². The van der Waals surface area contributed by atoms with E-state index in [-0.39, 0.29) is 18.3 Å². The van der Waals surface area contributed by atoms with Gasteiger partial charge in [0, 0.05) is 37.5 Å². The molecular weight excluding hydrogens is 414 g/mol. The first-order valence-electron chi connectivity index (χ1n) is 7.88. The van der Waals surface area contributed by atoms with E-state index in [1.54, 1.807) is 11.3 Å². The molecule has 1 amide bonds. The monoisotopic (exact) mass is 431 g/mol. The number of rotatable bonds is 2. The van der Waals surface area contributed by atoms with Gasteiger partial charge in [-0.05, 0) is 34.8 Å². The van der Waals surface area contributed by atoms with E-state index in [0.29, 0.717) is 5.92 Å². The van der Waals surface area contributed by atoms with Gasteiger partial charge in [0.05, 0.1) is 15.9 Å². The van der Waals surface area contributed by atoms with Crippen LogP contribution in [-0.2, 0) is 13.1 Å². The summed E-state index contributed by atoms with van der Waals surface area (Å²) in [4.78, 5) is 14.5. The topological polar surface area (TPSA) is 63.1 Å². The largest absolute Gasteiger partial charge is 0.339 e. The predicted octanol–water partition coefficient (Wildman–Crippen LogP) is 2.65.